The molecular weight excluding hydrogens is 442 g/mol. The number of fused-ring (bicyclic) bond motifs is 1. The lowest BCUT2D eigenvalue weighted by molar-refractivity contribution is 0.0878. The van der Waals surface area contributed by atoms with Crippen molar-refractivity contribution in [3.05, 3.63) is 47.7 Å². The molecule has 1 fully saturated rings. The van der Waals surface area contributed by atoms with Gasteiger partial charge in [0.2, 0.25) is 10.0 Å². The van der Waals surface area contributed by atoms with Crippen LogP contribution in [0.4, 0.5) is 0 Å². The minimum Gasteiger partial charge on any atom is -0.456 e. The van der Waals surface area contributed by atoms with E-state index in [1.165, 1.54) is 18.4 Å². The fraction of sp³-hybridized carbons (Fsp3) is 0.478. The number of carbonyl (C=O) groups is 1. The summed E-state index contributed by atoms with van der Waals surface area (Å²) in [5.74, 6) is 1.82. The number of nitrogens with zero attached hydrogens (tertiary/aromatic N) is 4. The number of amides is 1. The molecule has 1 aliphatic heterocycles. The molecule has 0 spiro atoms. The number of sulfonamides is 1. The van der Waals surface area contributed by atoms with E-state index in [0.717, 1.165) is 49.6 Å². The van der Waals surface area contributed by atoms with Gasteiger partial charge in [0.25, 0.3) is 5.91 Å². The van der Waals surface area contributed by atoms with Crippen LogP contribution < -0.4 is 5.32 Å². The van der Waals surface area contributed by atoms with Gasteiger partial charge in [-0.05, 0) is 57.0 Å². The van der Waals surface area contributed by atoms with E-state index in [1.54, 1.807) is 24.3 Å². The van der Waals surface area contributed by atoms with E-state index in [4.69, 9.17) is 9.40 Å². The Hall–Kier alpha value is -2.69. The number of carbonyl (C=O) groups excluding carboxylic acids is 1. The smallest absolute Gasteiger partial charge is 0.287 e. The Morgan fingerprint density at radius 1 is 1.21 bits per heavy atom. The molecular formula is C23H31N5O4S. The molecule has 3 heterocycles. The van der Waals surface area contributed by atoms with Gasteiger partial charge in [0, 0.05) is 39.8 Å². The maximum absolute atomic E-state index is 12.5. The number of aromatic nitrogens is 2. The number of rotatable bonds is 7. The lowest BCUT2D eigenvalue weighted by Gasteiger charge is -2.32. The van der Waals surface area contributed by atoms with Crippen molar-refractivity contribution in [2.45, 2.75) is 50.7 Å². The number of hydrogen-bond acceptors (Lipinski definition) is 6. The van der Waals surface area contributed by atoms with Crippen LogP contribution in [0.15, 0.2) is 39.6 Å². The largest absolute Gasteiger partial charge is 0.456 e. The first kappa shape index (κ1) is 23.5. The first-order valence-corrected chi connectivity index (χ1v) is 12.6. The summed E-state index contributed by atoms with van der Waals surface area (Å²) in [6.45, 7) is 7.00. The van der Waals surface area contributed by atoms with Gasteiger partial charge in [-0.25, -0.2) is 17.7 Å². The Balaban J connectivity index is 1.43. The van der Waals surface area contributed by atoms with Crippen molar-refractivity contribution in [1.82, 2.24) is 24.1 Å². The van der Waals surface area contributed by atoms with Crippen molar-refractivity contribution in [3.63, 3.8) is 0 Å². The third-order valence-electron chi connectivity index (χ3n) is 6.15. The molecule has 9 nitrogen and oxygen atoms in total. The van der Waals surface area contributed by atoms with Gasteiger partial charge in [-0.15, -0.1) is 0 Å². The fourth-order valence-electron chi connectivity index (χ4n) is 4.25. The predicted octanol–water partition coefficient (Wildman–Crippen LogP) is 2.60. The molecule has 0 unspecified atom stereocenters. The number of furan rings is 1. The molecule has 1 aromatic carbocycles. The number of hydrogen-bond donors (Lipinski definition) is 1. The van der Waals surface area contributed by atoms with Crippen molar-refractivity contribution in [3.8, 4) is 0 Å². The third-order valence-corrected chi connectivity index (χ3v) is 7.96. The summed E-state index contributed by atoms with van der Waals surface area (Å²) >= 11 is 0. The van der Waals surface area contributed by atoms with Crippen molar-refractivity contribution in [2.75, 3.05) is 27.2 Å². The van der Waals surface area contributed by atoms with Crippen molar-refractivity contribution >= 4 is 27.0 Å². The summed E-state index contributed by atoms with van der Waals surface area (Å²) in [5.41, 5.74) is 1.62. The molecule has 0 bridgehead atoms. The second kappa shape index (κ2) is 9.28. The van der Waals surface area contributed by atoms with Gasteiger partial charge >= 0.3 is 0 Å². The Labute approximate surface area is 194 Å². The molecule has 0 saturated carbocycles. The van der Waals surface area contributed by atoms with Gasteiger partial charge in [-0.2, -0.15) is 0 Å². The summed E-state index contributed by atoms with van der Waals surface area (Å²) < 4.78 is 33.8. The topological polar surface area (TPSA) is 101 Å². The first-order valence-electron chi connectivity index (χ1n) is 11.2. The molecule has 1 amide bonds. The number of likely N-dealkylation sites (tertiary alicyclic amines) is 1. The van der Waals surface area contributed by atoms with Crippen molar-refractivity contribution in [1.29, 1.82) is 0 Å². The van der Waals surface area contributed by atoms with E-state index in [1.807, 2.05) is 13.0 Å². The average Bonchev–Trinajstić information content (AvgIpc) is 3.37. The van der Waals surface area contributed by atoms with Crippen LogP contribution in [0.3, 0.4) is 0 Å². The molecule has 3 aromatic rings. The first-order chi connectivity index (χ1) is 15.7. The molecule has 1 saturated heterocycles. The maximum Gasteiger partial charge on any atom is 0.287 e. The van der Waals surface area contributed by atoms with Crippen LogP contribution in [-0.2, 0) is 23.1 Å². The summed E-state index contributed by atoms with van der Waals surface area (Å²) in [5, 5.41) is 3.07. The monoisotopic (exact) mass is 473 g/mol. The molecule has 33 heavy (non-hydrogen) atoms. The van der Waals surface area contributed by atoms with Gasteiger partial charge in [0.15, 0.2) is 5.76 Å². The lowest BCUT2D eigenvalue weighted by Crippen LogP contribution is -2.44. The Bertz CT molecular complexity index is 1250. The van der Waals surface area contributed by atoms with Crippen molar-refractivity contribution in [2.24, 2.45) is 0 Å². The Morgan fingerprint density at radius 3 is 2.55 bits per heavy atom. The highest BCUT2D eigenvalue weighted by Gasteiger charge is 2.24. The van der Waals surface area contributed by atoms with Gasteiger partial charge in [0.05, 0.1) is 22.5 Å². The predicted molar refractivity (Wildman–Crippen MR) is 125 cm³/mol. The molecule has 1 N–H and O–H groups in total. The zero-order valence-electron chi connectivity index (χ0n) is 19.5. The van der Waals surface area contributed by atoms with E-state index in [-0.39, 0.29) is 16.8 Å². The highest BCUT2D eigenvalue weighted by molar-refractivity contribution is 7.89. The molecule has 0 aliphatic carbocycles. The highest BCUT2D eigenvalue weighted by atomic mass is 32.2. The fourth-order valence-corrected chi connectivity index (χ4v) is 5.18. The van der Waals surface area contributed by atoms with Gasteiger partial charge < -0.3 is 14.3 Å². The number of aryl methyl sites for hydroxylation is 2. The van der Waals surface area contributed by atoms with E-state index in [9.17, 15) is 13.2 Å². The quantitative estimate of drug-likeness (QED) is 0.566. The van der Waals surface area contributed by atoms with Gasteiger partial charge in [0.1, 0.15) is 11.6 Å². The molecule has 178 valence electrons. The average molecular weight is 474 g/mol. The van der Waals surface area contributed by atoms with Crippen LogP contribution in [0.2, 0.25) is 0 Å². The highest BCUT2D eigenvalue weighted by Crippen LogP contribution is 2.24. The molecule has 10 heteroatoms. The third kappa shape index (κ3) is 4.83. The maximum atomic E-state index is 12.5. The summed E-state index contributed by atoms with van der Waals surface area (Å²) in [6.07, 6.45) is 1.70. The van der Waals surface area contributed by atoms with E-state index >= 15 is 0 Å². The van der Waals surface area contributed by atoms with Crippen LogP contribution in [0.25, 0.3) is 11.0 Å². The minimum absolute atomic E-state index is 0.114. The van der Waals surface area contributed by atoms with Crippen LogP contribution in [-0.4, -0.2) is 66.3 Å². The standard InChI is InChI=1S/C23H31N5O4S/c1-5-28-20-8-7-18(33(30,31)26(3)4)14-19(20)25-22(28)15-27-12-10-17(11-13-27)24-23(29)21-9-6-16(2)32-21/h6-9,14,17H,5,10-13,15H2,1-4H3,(H,24,29). The van der Waals surface area contributed by atoms with Crippen LogP contribution in [0, 0.1) is 6.92 Å². The Kier molecular flexibility index (Phi) is 6.60. The summed E-state index contributed by atoms with van der Waals surface area (Å²) in [4.78, 5) is 19.7. The number of benzene rings is 1. The molecule has 1 aliphatic rings. The molecule has 2 aromatic heterocycles. The summed E-state index contributed by atoms with van der Waals surface area (Å²) in [6, 6.07) is 8.73. The zero-order chi connectivity index (χ0) is 23.8. The van der Waals surface area contributed by atoms with Gasteiger partial charge in [-0.3, -0.25) is 9.69 Å². The molecule has 4 rings (SSSR count). The van der Waals surface area contributed by atoms with Crippen LogP contribution in [0.1, 0.15) is 41.9 Å². The summed E-state index contributed by atoms with van der Waals surface area (Å²) in [7, 11) is -0.458. The second-order valence-electron chi connectivity index (χ2n) is 8.64. The van der Waals surface area contributed by atoms with Crippen LogP contribution in [0.5, 0.6) is 0 Å². The second-order valence-corrected chi connectivity index (χ2v) is 10.8. The normalized spacial score (nSPS) is 16.0. The van der Waals surface area contributed by atoms with E-state index in [0.29, 0.717) is 17.8 Å². The Morgan fingerprint density at radius 2 is 1.94 bits per heavy atom. The number of piperidine rings is 1. The minimum atomic E-state index is -3.51. The molecule has 0 atom stereocenters. The van der Waals surface area contributed by atoms with Crippen LogP contribution >= 0.6 is 0 Å². The molecule has 0 radical (unpaired) electrons. The lowest BCUT2D eigenvalue weighted by atomic mass is 10.0. The van der Waals surface area contributed by atoms with Crippen molar-refractivity contribution < 1.29 is 17.6 Å². The SMILES string of the molecule is CCn1c(CN2CCC(NC(=O)c3ccc(C)o3)CC2)nc2cc(S(=O)(=O)N(C)C)ccc21. The number of nitrogens with one attached hydrogen (secondary N) is 1. The van der Waals surface area contributed by atoms with E-state index in [2.05, 4.69) is 21.7 Å². The van der Waals surface area contributed by atoms with Gasteiger partial charge in [-0.1, -0.05) is 0 Å². The zero-order valence-corrected chi connectivity index (χ0v) is 20.4. The number of imidazole rings is 1. The van der Waals surface area contributed by atoms with E-state index < -0.39 is 10.0 Å².